The highest BCUT2D eigenvalue weighted by Crippen LogP contribution is 2.24. The van der Waals surface area contributed by atoms with Crippen LogP contribution < -0.4 is 10.1 Å². The van der Waals surface area contributed by atoms with Crippen molar-refractivity contribution in [3.63, 3.8) is 0 Å². The first-order chi connectivity index (χ1) is 13.5. The second kappa shape index (κ2) is 9.54. The number of amides is 1. The van der Waals surface area contributed by atoms with Crippen LogP contribution in [0.4, 0.5) is 0 Å². The van der Waals surface area contributed by atoms with Crippen LogP contribution in [-0.2, 0) is 14.8 Å². The molecule has 1 aliphatic rings. The number of aryl methyl sites for hydroxylation is 1. The molecule has 0 atom stereocenters. The van der Waals surface area contributed by atoms with Gasteiger partial charge in [-0.15, -0.1) is 11.3 Å². The number of rotatable bonds is 8. The highest BCUT2D eigenvalue weighted by molar-refractivity contribution is 7.91. The fourth-order valence-electron chi connectivity index (χ4n) is 3.21. The van der Waals surface area contributed by atoms with E-state index >= 15 is 0 Å². The molecule has 3 rings (SSSR count). The molecule has 28 heavy (non-hydrogen) atoms. The van der Waals surface area contributed by atoms with Gasteiger partial charge in [-0.25, -0.2) is 8.42 Å². The van der Waals surface area contributed by atoms with Crippen LogP contribution >= 0.6 is 11.3 Å². The molecule has 2 heterocycles. The molecule has 0 unspecified atom stereocenters. The van der Waals surface area contributed by atoms with Crippen molar-refractivity contribution in [1.29, 1.82) is 0 Å². The number of hydrogen-bond acceptors (Lipinski definition) is 5. The third-order valence-electron chi connectivity index (χ3n) is 4.81. The van der Waals surface area contributed by atoms with E-state index in [-0.39, 0.29) is 11.9 Å². The largest absolute Gasteiger partial charge is 0.493 e. The van der Waals surface area contributed by atoms with Gasteiger partial charge in [0.25, 0.3) is 10.0 Å². The lowest BCUT2D eigenvalue weighted by atomic mass is 10.1. The molecule has 152 valence electrons. The third kappa shape index (κ3) is 5.33. The zero-order chi connectivity index (χ0) is 20.0. The Morgan fingerprint density at radius 3 is 2.64 bits per heavy atom. The lowest BCUT2D eigenvalue weighted by Gasteiger charge is -2.31. The minimum absolute atomic E-state index is 0.00653. The van der Waals surface area contributed by atoms with Crippen molar-refractivity contribution in [3.8, 4) is 5.75 Å². The van der Waals surface area contributed by atoms with E-state index in [1.54, 1.807) is 17.5 Å². The van der Waals surface area contributed by atoms with Crippen molar-refractivity contribution in [1.82, 2.24) is 9.62 Å². The molecule has 1 N–H and O–H groups in total. The van der Waals surface area contributed by atoms with E-state index < -0.39 is 10.0 Å². The molecule has 0 saturated carbocycles. The summed E-state index contributed by atoms with van der Waals surface area (Å²) in [6.07, 6.45) is 2.32. The first-order valence-corrected chi connectivity index (χ1v) is 11.8. The first-order valence-electron chi connectivity index (χ1n) is 9.48. The molecule has 0 bridgehead atoms. The summed E-state index contributed by atoms with van der Waals surface area (Å²) in [7, 11) is -3.40. The molecule has 1 aliphatic heterocycles. The lowest BCUT2D eigenvalue weighted by Crippen LogP contribution is -2.46. The molecule has 0 aliphatic carbocycles. The first kappa shape index (κ1) is 20.8. The normalized spacial score (nSPS) is 16.0. The Labute approximate surface area is 170 Å². The summed E-state index contributed by atoms with van der Waals surface area (Å²) in [4.78, 5) is 12.2. The summed E-state index contributed by atoms with van der Waals surface area (Å²) in [6.45, 7) is 3.35. The van der Waals surface area contributed by atoms with Crippen LogP contribution in [0.5, 0.6) is 5.75 Å². The quantitative estimate of drug-likeness (QED) is 0.663. The Balaban J connectivity index is 1.36. The van der Waals surface area contributed by atoms with Crippen LogP contribution in [0.2, 0.25) is 0 Å². The number of carbonyl (C=O) groups is 1. The zero-order valence-electron chi connectivity index (χ0n) is 16.0. The monoisotopic (exact) mass is 422 g/mol. The standard InChI is InChI=1S/C20H26N2O4S2/c1-16-6-2-3-7-18(16)26-14-4-8-19(23)21-17-10-12-22(13-11-17)28(24,25)20-9-5-15-27-20/h2-3,5-7,9,15,17H,4,8,10-14H2,1H3,(H,21,23). The number of hydrogen-bond donors (Lipinski definition) is 1. The average Bonchev–Trinajstić information content (AvgIpc) is 3.23. The molecule has 1 aromatic heterocycles. The molecule has 2 aromatic rings. The number of nitrogens with one attached hydrogen (secondary N) is 1. The van der Waals surface area contributed by atoms with Gasteiger partial charge in [-0.2, -0.15) is 4.31 Å². The van der Waals surface area contributed by atoms with E-state index in [2.05, 4.69) is 5.32 Å². The van der Waals surface area contributed by atoms with E-state index in [1.165, 1.54) is 15.6 Å². The highest BCUT2D eigenvalue weighted by atomic mass is 32.2. The van der Waals surface area contributed by atoms with E-state index in [1.807, 2.05) is 31.2 Å². The third-order valence-corrected chi connectivity index (χ3v) is 8.08. The lowest BCUT2D eigenvalue weighted by molar-refractivity contribution is -0.122. The Morgan fingerprint density at radius 1 is 1.21 bits per heavy atom. The fraction of sp³-hybridized carbons (Fsp3) is 0.450. The van der Waals surface area contributed by atoms with Crippen molar-refractivity contribution in [2.24, 2.45) is 0 Å². The molecular weight excluding hydrogens is 396 g/mol. The number of thiophene rings is 1. The van der Waals surface area contributed by atoms with Crippen molar-refractivity contribution >= 4 is 27.3 Å². The molecule has 6 nitrogen and oxygen atoms in total. The zero-order valence-corrected chi connectivity index (χ0v) is 17.6. The summed E-state index contributed by atoms with van der Waals surface area (Å²) in [5, 5.41) is 4.79. The molecule has 1 saturated heterocycles. The maximum atomic E-state index is 12.5. The SMILES string of the molecule is Cc1ccccc1OCCCC(=O)NC1CCN(S(=O)(=O)c2cccs2)CC1. The second-order valence-electron chi connectivity index (χ2n) is 6.90. The van der Waals surface area contributed by atoms with E-state index in [4.69, 9.17) is 4.74 Å². The van der Waals surface area contributed by atoms with Crippen LogP contribution in [0, 0.1) is 6.92 Å². The average molecular weight is 423 g/mol. The minimum atomic E-state index is -3.40. The van der Waals surface area contributed by atoms with Crippen molar-refractivity contribution in [3.05, 3.63) is 47.3 Å². The molecular formula is C20H26N2O4S2. The van der Waals surface area contributed by atoms with Crippen LogP contribution in [0.3, 0.4) is 0 Å². The van der Waals surface area contributed by atoms with Crippen LogP contribution in [0.25, 0.3) is 0 Å². The predicted molar refractivity (Wildman–Crippen MR) is 110 cm³/mol. The minimum Gasteiger partial charge on any atom is -0.493 e. The summed E-state index contributed by atoms with van der Waals surface area (Å²) >= 11 is 1.23. The Morgan fingerprint density at radius 2 is 1.96 bits per heavy atom. The van der Waals surface area contributed by atoms with Gasteiger partial charge in [0, 0.05) is 25.6 Å². The number of sulfonamides is 1. The summed E-state index contributed by atoms with van der Waals surface area (Å²) in [5.41, 5.74) is 1.08. The van der Waals surface area contributed by atoms with Crippen molar-refractivity contribution < 1.29 is 17.9 Å². The van der Waals surface area contributed by atoms with Gasteiger partial charge in [-0.3, -0.25) is 4.79 Å². The van der Waals surface area contributed by atoms with Crippen molar-refractivity contribution in [2.75, 3.05) is 19.7 Å². The van der Waals surface area contributed by atoms with E-state index in [0.717, 1.165) is 11.3 Å². The Hall–Kier alpha value is -1.90. The van der Waals surface area contributed by atoms with Gasteiger partial charge in [0.2, 0.25) is 5.91 Å². The topological polar surface area (TPSA) is 75.7 Å². The van der Waals surface area contributed by atoms with Gasteiger partial charge in [-0.05, 0) is 49.3 Å². The predicted octanol–water partition coefficient (Wildman–Crippen LogP) is 3.19. The number of benzene rings is 1. The number of piperidine rings is 1. The molecule has 0 radical (unpaired) electrons. The van der Waals surface area contributed by atoms with Gasteiger partial charge in [0.05, 0.1) is 6.61 Å². The fourth-order valence-corrected chi connectivity index (χ4v) is 5.83. The smallest absolute Gasteiger partial charge is 0.252 e. The highest BCUT2D eigenvalue weighted by Gasteiger charge is 2.30. The molecule has 1 amide bonds. The molecule has 1 aromatic carbocycles. The summed E-state index contributed by atoms with van der Waals surface area (Å²) < 4.78 is 32.7. The maximum Gasteiger partial charge on any atom is 0.252 e. The molecule has 8 heteroatoms. The van der Waals surface area contributed by atoms with Crippen LogP contribution in [0.15, 0.2) is 46.0 Å². The number of ether oxygens (including phenoxy) is 1. The summed E-state index contributed by atoms with van der Waals surface area (Å²) in [6, 6.07) is 11.2. The maximum absolute atomic E-state index is 12.5. The van der Waals surface area contributed by atoms with Crippen LogP contribution in [-0.4, -0.2) is 44.4 Å². The second-order valence-corrected chi connectivity index (χ2v) is 10.0. The van der Waals surface area contributed by atoms with E-state index in [0.29, 0.717) is 49.6 Å². The number of para-hydroxylation sites is 1. The van der Waals surface area contributed by atoms with Crippen LogP contribution in [0.1, 0.15) is 31.2 Å². The van der Waals surface area contributed by atoms with E-state index in [9.17, 15) is 13.2 Å². The van der Waals surface area contributed by atoms with Crippen molar-refractivity contribution in [2.45, 2.75) is 42.9 Å². The Kier molecular flexibility index (Phi) is 7.09. The van der Waals surface area contributed by atoms with Gasteiger partial charge >= 0.3 is 0 Å². The van der Waals surface area contributed by atoms with Gasteiger partial charge < -0.3 is 10.1 Å². The van der Waals surface area contributed by atoms with Gasteiger partial charge in [-0.1, -0.05) is 24.3 Å². The summed E-state index contributed by atoms with van der Waals surface area (Å²) in [5.74, 6) is 0.843. The number of nitrogens with zero attached hydrogens (tertiary/aromatic N) is 1. The van der Waals surface area contributed by atoms with Gasteiger partial charge in [0.1, 0.15) is 9.96 Å². The number of carbonyl (C=O) groups excluding carboxylic acids is 1. The molecule has 1 fully saturated rings. The Bertz CT molecular complexity index is 873. The van der Waals surface area contributed by atoms with Gasteiger partial charge in [0.15, 0.2) is 0 Å². The molecule has 0 spiro atoms.